The molecule has 1 aliphatic carbocycles. The van der Waals surface area contributed by atoms with Crippen LogP contribution in [0.5, 0.6) is 11.5 Å². The van der Waals surface area contributed by atoms with E-state index in [-0.39, 0.29) is 0 Å². The van der Waals surface area contributed by atoms with Crippen LogP contribution in [0.3, 0.4) is 0 Å². The van der Waals surface area contributed by atoms with E-state index in [0.29, 0.717) is 32.6 Å². The third-order valence-corrected chi connectivity index (χ3v) is 9.72. The molecule has 0 spiro atoms. The molecule has 10 heteroatoms. The molecule has 178 valence electrons. The Balaban J connectivity index is 1.40. The Hall–Kier alpha value is -2.07. The maximum absolute atomic E-state index is 13.2. The molecule has 0 amide bonds. The van der Waals surface area contributed by atoms with Crippen LogP contribution in [-0.4, -0.2) is 68.2 Å². The summed E-state index contributed by atoms with van der Waals surface area (Å²) in [7, 11) is -0.285. The fourth-order valence-corrected chi connectivity index (χ4v) is 7.38. The Kier molecular flexibility index (Phi) is 7.04. The highest BCUT2D eigenvalue weighted by Gasteiger charge is 2.43. The molecule has 7 nitrogen and oxygen atoms in total. The summed E-state index contributed by atoms with van der Waals surface area (Å²) >= 11 is 8.07. The van der Waals surface area contributed by atoms with Crippen LogP contribution in [0.4, 0.5) is 5.13 Å². The van der Waals surface area contributed by atoms with E-state index in [1.165, 1.54) is 0 Å². The lowest BCUT2D eigenvalue weighted by Gasteiger charge is -2.38. The number of alkyl halides is 1. The number of rotatable bonds is 7. The minimum absolute atomic E-state index is 0.408. The summed E-state index contributed by atoms with van der Waals surface area (Å²) in [6, 6.07) is 5.80. The summed E-state index contributed by atoms with van der Waals surface area (Å²) in [6.45, 7) is 3.73. The van der Waals surface area contributed by atoms with Crippen molar-refractivity contribution in [2.24, 2.45) is 0 Å². The van der Waals surface area contributed by atoms with Gasteiger partial charge >= 0.3 is 0 Å². The first-order valence-electron chi connectivity index (χ1n) is 10.7. The zero-order valence-electron chi connectivity index (χ0n) is 18.9. The van der Waals surface area contributed by atoms with Crippen molar-refractivity contribution in [3.63, 3.8) is 0 Å². The minimum atomic E-state index is -3.55. The van der Waals surface area contributed by atoms with Gasteiger partial charge in [-0.2, -0.15) is 4.31 Å². The van der Waals surface area contributed by atoms with Gasteiger partial charge in [0.05, 0.1) is 24.8 Å². The second-order valence-electron chi connectivity index (χ2n) is 8.27. The van der Waals surface area contributed by atoms with Gasteiger partial charge in [-0.1, -0.05) is 24.3 Å². The Morgan fingerprint density at radius 2 is 1.79 bits per heavy atom. The average Bonchev–Trinajstić information content (AvgIpc) is 3.26. The van der Waals surface area contributed by atoms with Crippen molar-refractivity contribution in [3.05, 3.63) is 59.1 Å². The number of nitrogens with zero attached hydrogens (tertiary/aromatic N) is 3. The van der Waals surface area contributed by atoms with Gasteiger partial charge in [0.15, 0.2) is 5.13 Å². The smallest absolute Gasteiger partial charge is 0.222 e. The summed E-state index contributed by atoms with van der Waals surface area (Å²) in [5.74, 6) is 1.49. The van der Waals surface area contributed by atoms with Gasteiger partial charge in [0, 0.05) is 44.0 Å². The third kappa shape index (κ3) is 5.21. The Bertz CT molecular complexity index is 1130. The summed E-state index contributed by atoms with van der Waals surface area (Å²) < 4.78 is 38.7. The van der Waals surface area contributed by atoms with Gasteiger partial charge < -0.3 is 14.4 Å². The second kappa shape index (κ2) is 9.66. The second-order valence-corrected chi connectivity index (χ2v) is 12.0. The van der Waals surface area contributed by atoms with Crippen LogP contribution in [-0.2, 0) is 16.4 Å². The normalized spacial score (nSPS) is 23.6. The number of methoxy groups -OCH3 is 2. The molecule has 0 bridgehead atoms. The van der Waals surface area contributed by atoms with Crippen LogP contribution in [0.2, 0.25) is 0 Å². The number of halogens is 1. The zero-order chi connectivity index (χ0) is 23.6. The number of anilines is 1. The number of allylic oxidation sites excluding steroid dienone is 3. The lowest BCUT2D eigenvalue weighted by atomic mass is 10.0. The molecule has 0 saturated carbocycles. The van der Waals surface area contributed by atoms with Crippen molar-refractivity contribution < 1.29 is 17.9 Å². The quantitative estimate of drug-likeness (QED) is 0.530. The molecule has 1 aromatic heterocycles. The maximum Gasteiger partial charge on any atom is 0.222 e. The molecular formula is C23H28ClN3O4S2. The molecular weight excluding hydrogens is 482 g/mol. The van der Waals surface area contributed by atoms with Crippen molar-refractivity contribution in [3.8, 4) is 11.5 Å². The summed E-state index contributed by atoms with van der Waals surface area (Å²) in [6.07, 6.45) is 7.61. The molecule has 2 aromatic rings. The van der Waals surface area contributed by atoms with E-state index in [0.717, 1.165) is 27.9 Å². The fourth-order valence-electron chi connectivity index (χ4n) is 4.08. The number of hydrogen-bond donors (Lipinski definition) is 0. The van der Waals surface area contributed by atoms with Gasteiger partial charge in [-0.15, -0.1) is 22.9 Å². The molecule has 2 aliphatic rings. The first-order chi connectivity index (χ1) is 15.7. The monoisotopic (exact) mass is 509 g/mol. The van der Waals surface area contributed by atoms with Gasteiger partial charge in [0.25, 0.3) is 0 Å². The standard InChI is InChI=1S/C23H28ClN3O4S2/c1-23(24)7-5-4-6-21(23)33(28,29)27-10-8-26(9-11-27)22-25-18(16-32-22)12-17-13-19(30-2)15-20(14-17)31-3/h4-7,13-16,21H,8-12H2,1-3H3. The maximum atomic E-state index is 13.2. The minimum Gasteiger partial charge on any atom is -0.497 e. The number of hydrogen-bond acceptors (Lipinski definition) is 7. The third-order valence-electron chi connectivity index (χ3n) is 5.90. The van der Waals surface area contributed by atoms with E-state index < -0.39 is 20.1 Å². The summed E-state index contributed by atoms with van der Waals surface area (Å²) in [5, 5.41) is 2.18. The predicted octanol–water partition coefficient (Wildman–Crippen LogP) is 3.70. The summed E-state index contributed by atoms with van der Waals surface area (Å²) in [5.41, 5.74) is 2.01. The molecule has 0 radical (unpaired) electrons. The molecule has 0 N–H and O–H groups in total. The largest absolute Gasteiger partial charge is 0.497 e. The number of ether oxygens (including phenoxy) is 2. The van der Waals surface area contributed by atoms with Crippen molar-refractivity contribution in [2.75, 3.05) is 45.3 Å². The van der Waals surface area contributed by atoms with Crippen molar-refractivity contribution in [1.82, 2.24) is 9.29 Å². The highest BCUT2D eigenvalue weighted by molar-refractivity contribution is 7.90. The van der Waals surface area contributed by atoms with Crippen LogP contribution < -0.4 is 14.4 Å². The Morgan fingerprint density at radius 3 is 2.39 bits per heavy atom. The zero-order valence-corrected chi connectivity index (χ0v) is 21.3. The number of aromatic nitrogens is 1. The van der Waals surface area contributed by atoms with Gasteiger partial charge in [-0.25, -0.2) is 13.4 Å². The molecule has 1 saturated heterocycles. The lowest BCUT2D eigenvalue weighted by molar-refractivity contribution is 0.379. The van der Waals surface area contributed by atoms with E-state index in [9.17, 15) is 8.42 Å². The van der Waals surface area contributed by atoms with Crippen molar-refractivity contribution in [2.45, 2.75) is 23.5 Å². The van der Waals surface area contributed by atoms with Gasteiger partial charge in [0.2, 0.25) is 10.0 Å². The van der Waals surface area contributed by atoms with Crippen LogP contribution in [0.1, 0.15) is 18.2 Å². The molecule has 1 aliphatic heterocycles. The van der Waals surface area contributed by atoms with E-state index >= 15 is 0 Å². The number of piperazine rings is 1. The predicted molar refractivity (Wildman–Crippen MR) is 133 cm³/mol. The first kappa shape index (κ1) is 24.1. The SMILES string of the molecule is COc1cc(Cc2csc(N3CCN(S(=O)(=O)C4C=CC=CC4(C)Cl)CC3)n2)cc(OC)c1. The van der Waals surface area contributed by atoms with Crippen molar-refractivity contribution >= 4 is 38.1 Å². The number of thiazole rings is 1. The van der Waals surface area contributed by atoms with Gasteiger partial charge in [-0.05, 0) is 24.6 Å². The van der Waals surface area contributed by atoms with Crippen LogP contribution in [0.15, 0.2) is 47.9 Å². The molecule has 2 unspecified atom stereocenters. The molecule has 33 heavy (non-hydrogen) atoms. The first-order valence-corrected chi connectivity index (χ1v) is 13.4. The van der Waals surface area contributed by atoms with E-state index in [4.69, 9.17) is 26.1 Å². The summed E-state index contributed by atoms with van der Waals surface area (Å²) in [4.78, 5) is 5.99. The van der Waals surface area contributed by atoms with Crippen LogP contribution >= 0.6 is 22.9 Å². The van der Waals surface area contributed by atoms with E-state index in [2.05, 4.69) is 4.90 Å². The van der Waals surface area contributed by atoms with Crippen LogP contribution in [0.25, 0.3) is 0 Å². The van der Waals surface area contributed by atoms with Crippen molar-refractivity contribution in [1.29, 1.82) is 0 Å². The van der Waals surface area contributed by atoms with Gasteiger partial charge in [0.1, 0.15) is 16.7 Å². The fraction of sp³-hybridized carbons (Fsp3) is 0.435. The Morgan fingerprint density at radius 1 is 1.12 bits per heavy atom. The highest BCUT2D eigenvalue weighted by atomic mass is 35.5. The molecule has 2 heterocycles. The molecule has 1 fully saturated rings. The number of benzene rings is 1. The van der Waals surface area contributed by atoms with Crippen LogP contribution in [0, 0.1) is 0 Å². The topological polar surface area (TPSA) is 72.0 Å². The lowest BCUT2D eigenvalue weighted by Crippen LogP contribution is -2.54. The Labute approximate surface area is 204 Å². The average molecular weight is 510 g/mol. The highest BCUT2D eigenvalue weighted by Crippen LogP contribution is 2.33. The molecule has 4 rings (SSSR count). The number of sulfonamides is 1. The molecule has 2 atom stereocenters. The molecule has 1 aromatic carbocycles. The van der Waals surface area contributed by atoms with E-state index in [1.807, 2.05) is 23.6 Å². The van der Waals surface area contributed by atoms with E-state index in [1.54, 1.807) is 61.1 Å². The van der Waals surface area contributed by atoms with Gasteiger partial charge in [-0.3, -0.25) is 0 Å².